The lowest BCUT2D eigenvalue weighted by molar-refractivity contribution is 0.503. The van der Waals surface area contributed by atoms with Crippen LogP contribution in [0.4, 0.5) is 0 Å². The molecule has 6 heteroatoms. The van der Waals surface area contributed by atoms with Crippen LogP contribution in [-0.4, -0.2) is 14.9 Å². The first-order valence-electron chi connectivity index (χ1n) is 4.51. The molecule has 0 bridgehead atoms. The number of nitrogens with zero attached hydrogens (tertiary/aromatic N) is 2. The van der Waals surface area contributed by atoms with Crippen molar-refractivity contribution in [3.05, 3.63) is 21.9 Å². The monoisotopic (exact) mass is 224 g/mol. The Bertz CT molecular complexity index is 563. The summed E-state index contributed by atoms with van der Waals surface area (Å²) in [5.41, 5.74) is 1.94. The van der Waals surface area contributed by atoms with Crippen LogP contribution < -0.4 is 5.84 Å². The largest absolute Gasteiger partial charge is 0.466 e. The normalized spacial score (nSPS) is 10.9. The van der Waals surface area contributed by atoms with Gasteiger partial charge in [-0.3, -0.25) is 0 Å². The number of H-pyrrole nitrogens is 1. The quantitative estimate of drug-likeness (QED) is 0.572. The summed E-state index contributed by atoms with van der Waals surface area (Å²) < 4.78 is 7.25. The molecule has 5 nitrogen and oxygen atoms in total. The summed E-state index contributed by atoms with van der Waals surface area (Å²) in [7, 11) is 0. The lowest BCUT2D eigenvalue weighted by atomic mass is 10.1. The minimum absolute atomic E-state index is 0.391. The summed E-state index contributed by atoms with van der Waals surface area (Å²) in [5.74, 6) is 8.03. The van der Waals surface area contributed by atoms with Gasteiger partial charge in [0.25, 0.3) is 0 Å². The van der Waals surface area contributed by atoms with Crippen LogP contribution in [0, 0.1) is 25.5 Å². The van der Waals surface area contributed by atoms with Crippen molar-refractivity contribution in [1.82, 2.24) is 14.9 Å². The van der Waals surface area contributed by atoms with Gasteiger partial charge in [-0.1, -0.05) is 0 Å². The van der Waals surface area contributed by atoms with Gasteiger partial charge >= 0.3 is 0 Å². The Balaban J connectivity index is 2.74. The van der Waals surface area contributed by atoms with E-state index in [2.05, 4.69) is 10.2 Å². The lowest BCUT2D eigenvalue weighted by Gasteiger charge is -1.99. The first-order chi connectivity index (χ1) is 7.02. The smallest absolute Gasteiger partial charge is 0.214 e. The number of aryl methyl sites for hydroxylation is 2. The van der Waals surface area contributed by atoms with Crippen molar-refractivity contribution < 1.29 is 4.42 Å². The first-order valence-corrected chi connectivity index (χ1v) is 4.92. The molecule has 15 heavy (non-hydrogen) atoms. The molecular formula is C9H12N4OS. The highest BCUT2D eigenvalue weighted by molar-refractivity contribution is 7.71. The Morgan fingerprint density at radius 2 is 2.00 bits per heavy atom. The summed E-state index contributed by atoms with van der Waals surface area (Å²) in [6.07, 6.45) is 0. The van der Waals surface area contributed by atoms with Crippen molar-refractivity contribution in [2.45, 2.75) is 20.8 Å². The molecule has 0 atom stereocenters. The van der Waals surface area contributed by atoms with Gasteiger partial charge in [0, 0.05) is 5.56 Å². The molecule has 0 fully saturated rings. The number of furan rings is 1. The summed E-state index contributed by atoms with van der Waals surface area (Å²) in [6.45, 7) is 5.76. The van der Waals surface area contributed by atoms with Crippen molar-refractivity contribution in [3.8, 4) is 11.4 Å². The van der Waals surface area contributed by atoms with Crippen molar-refractivity contribution in [2.24, 2.45) is 0 Å². The summed E-state index contributed by atoms with van der Waals surface area (Å²) >= 11 is 4.96. The number of rotatable bonds is 1. The van der Waals surface area contributed by atoms with E-state index in [-0.39, 0.29) is 0 Å². The third-order valence-electron chi connectivity index (χ3n) is 2.49. The Hall–Kier alpha value is -1.56. The van der Waals surface area contributed by atoms with Gasteiger partial charge in [-0.2, -0.15) is 5.10 Å². The number of nitrogens with two attached hydrogens (primary N) is 1. The van der Waals surface area contributed by atoms with Gasteiger partial charge in [-0.15, -0.1) is 0 Å². The molecule has 0 aromatic carbocycles. The number of nitrogen functional groups attached to an aromatic ring is 1. The molecule has 0 aliphatic rings. The van der Waals surface area contributed by atoms with Crippen molar-refractivity contribution in [2.75, 3.05) is 5.84 Å². The zero-order chi connectivity index (χ0) is 11.2. The highest BCUT2D eigenvalue weighted by Crippen LogP contribution is 2.29. The third-order valence-corrected chi connectivity index (χ3v) is 2.78. The van der Waals surface area contributed by atoms with Crippen LogP contribution in [0.15, 0.2) is 4.42 Å². The molecule has 0 saturated heterocycles. The molecule has 0 radical (unpaired) electrons. The summed E-state index contributed by atoms with van der Waals surface area (Å²) in [6, 6.07) is 0. The topological polar surface area (TPSA) is 72.8 Å². The molecule has 0 amide bonds. The van der Waals surface area contributed by atoms with Gasteiger partial charge < -0.3 is 10.3 Å². The van der Waals surface area contributed by atoms with Crippen molar-refractivity contribution >= 4 is 12.2 Å². The molecule has 0 saturated carbocycles. The number of aromatic amines is 1. The molecule has 0 aliphatic carbocycles. The van der Waals surface area contributed by atoms with E-state index >= 15 is 0 Å². The van der Waals surface area contributed by atoms with E-state index in [1.54, 1.807) is 0 Å². The van der Waals surface area contributed by atoms with E-state index in [1.165, 1.54) is 4.68 Å². The third kappa shape index (κ3) is 1.37. The Morgan fingerprint density at radius 1 is 1.33 bits per heavy atom. The number of hydrogen-bond donors (Lipinski definition) is 2. The van der Waals surface area contributed by atoms with Crippen LogP contribution in [0.1, 0.15) is 17.1 Å². The van der Waals surface area contributed by atoms with Crippen LogP contribution in [-0.2, 0) is 0 Å². The van der Waals surface area contributed by atoms with Crippen LogP contribution in [0.25, 0.3) is 11.4 Å². The van der Waals surface area contributed by atoms with Crippen LogP contribution in [0.5, 0.6) is 0 Å². The summed E-state index contributed by atoms with van der Waals surface area (Å²) in [5, 5.41) is 6.73. The first kappa shape index (κ1) is 9.97. The second kappa shape index (κ2) is 3.23. The fourth-order valence-corrected chi connectivity index (χ4v) is 1.74. The molecule has 2 heterocycles. The SMILES string of the molecule is Cc1oc(C)c(-c2n[nH]c(=S)n2N)c1C. The predicted molar refractivity (Wildman–Crippen MR) is 59.5 cm³/mol. The van der Waals surface area contributed by atoms with Gasteiger partial charge in [0.1, 0.15) is 11.5 Å². The Morgan fingerprint density at radius 3 is 2.40 bits per heavy atom. The second-order valence-corrected chi connectivity index (χ2v) is 3.82. The van der Waals surface area contributed by atoms with Gasteiger partial charge in [0.05, 0.1) is 5.56 Å². The molecular weight excluding hydrogens is 212 g/mol. The van der Waals surface area contributed by atoms with Gasteiger partial charge in [0.15, 0.2) is 5.82 Å². The zero-order valence-corrected chi connectivity index (χ0v) is 9.60. The summed E-state index contributed by atoms with van der Waals surface area (Å²) in [4.78, 5) is 0. The average Bonchev–Trinajstić information content (AvgIpc) is 2.60. The average molecular weight is 224 g/mol. The molecule has 80 valence electrons. The molecule has 2 aromatic rings. The number of aromatic nitrogens is 3. The van der Waals surface area contributed by atoms with Crippen LogP contribution >= 0.6 is 12.2 Å². The van der Waals surface area contributed by atoms with Gasteiger partial charge in [-0.25, -0.2) is 9.77 Å². The Kier molecular flexibility index (Phi) is 2.15. The molecule has 3 N–H and O–H groups in total. The highest BCUT2D eigenvalue weighted by atomic mass is 32.1. The maximum absolute atomic E-state index is 5.76. The molecule has 0 unspecified atom stereocenters. The fourth-order valence-electron chi connectivity index (χ4n) is 1.60. The molecule has 2 aromatic heterocycles. The molecule has 0 aliphatic heterocycles. The van der Waals surface area contributed by atoms with Crippen LogP contribution in [0.2, 0.25) is 0 Å². The Labute approximate surface area is 91.9 Å². The van der Waals surface area contributed by atoms with E-state index in [1.807, 2.05) is 20.8 Å². The predicted octanol–water partition coefficient (Wildman–Crippen LogP) is 1.84. The molecule has 2 rings (SSSR count). The number of hydrogen-bond acceptors (Lipinski definition) is 4. The zero-order valence-electron chi connectivity index (χ0n) is 8.79. The van der Waals surface area contributed by atoms with Gasteiger partial charge in [-0.05, 0) is 33.0 Å². The van der Waals surface area contributed by atoms with Crippen LogP contribution in [0.3, 0.4) is 0 Å². The standard InChI is InChI=1S/C9H12N4OS/c1-4-5(2)14-6(3)7(4)8-11-12-9(15)13(8)10/h10H2,1-3H3,(H,12,15). The van der Waals surface area contributed by atoms with Crippen molar-refractivity contribution in [1.29, 1.82) is 0 Å². The highest BCUT2D eigenvalue weighted by Gasteiger charge is 2.17. The minimum atomic E-state index is 0.391. The minimum Gasteiger partial charge on any atom is -0.466 e. The lowest BCUT2D eigenvalue weighted by Crippen LogP contribution is -2.10. The van der Waals surface area contributed by atoms with E-state index in [0.717, 1.165) is 22.6 Å². The van der Waals surface area contributed by atoms with E-state index in [4.69, 9.17) is 22.5 Å². The van der Waals surface area contributed by atoms with E-state index in [0.29, 0.717) is 10.6 Å². The second-order valence-electron chi connectivity index (χ2n) is 3.44. The van der Waals surface area contributed by atoms with E-state index < -0.39 is 0 Å². The maximum atomic E-state index is 5.76. The van der Waals surface area contributed by atoms with Gasteiger partial charge in [0.2, 0.25) is 4.77 Å². The molecule has 0 spiro atoms. The van der Waals surface area contributed by atoms with Crippen molar-refractivity contribution in [3.63, 3.8) is 0 Å². The number of nitrogens with one attached hydrogen (secondary N) is 1. The van der Waals surface area contributed by atoms with E-state index in [9.17, 15) is 0 Å². The fraction of sp³-hybridized carbons (Fsp3) is 0.333. The maximum Gasteiger partial charge on any atom is 0.214 e.